The third kappa shape index (κ3) is 2.08. The van der Waals surface area contributed by atoms with Gasteiger partial charge in [0.2, 0.25) is 0 Å². The number of nitrogens with zero attached hydrogens (tertiary/aromatic N) is 1. The third-order valence-electron chi connectivity index (χ3n) is 1.25. The molecule has 1 rings (SSSR count). The number of rotatable bonds is 1. The number of hydrogen-bond donors (Lipinski definition) is 0. The lowest BCUT2D eigenvalue weighted by Gasteiger charge is -1.96. The molecule has 58 valence electrons. The van der Waals surface area contributed by atoms with E-state index in [-0.39, 0.29) is 5.56 Å². The van der Waals surface area contributed by atoms with Gasteiger partial charge in [-0.3, -0.25) is 9.36 Å². The van der Waals surface area contributed by atoms with Crippen LogP contribution in [0.25, 0.3) is 6.20 Å². The minimum atomic E-state index is 0.00806. The molecule has 0 N–H and O–H groups in total. The van der Waals surface area contributed by atoms with Crippen LogP contribution in [0.3, 0.4) is 0 Å². The van der Waals surface area contributed by atoms with Crippen molar-refractivity contribution in [3.05, 3.63) is 40.3 Å². The van der Waals surface area contributed by atoms with E-state index in [1.807, 2.05) is 26.1 Å². The molecule has 0 aromatic carbocycles. The fourth-order valence-electron chi connectivity index (χ4n) is 0.825. The molecule has 0 aliphatic carbocycles. The molecule has 0 spiro atoms. The average molecular weight is 149 g/mol. The molecule has 2 heteroatoms. The van der Waals surface area contributed by atoms with Gasteiger partial charge in [-0.1, -0.05) is 11.6 Å². The Labute approximate surface area is 65.8 Å². The van der Waals surface area contributed by atoms with Crippen LogP contribution in [0.1, 0.15) is 13.8 Å². The molecule has 0 radical (unpaired) electrons. The zero-order valence-corrected chi connectivity index (χ0v) is 6.74. The summed E-state index contributed by atoms with van der Waals surface area (Å²) in [5.41, 5.74) is 1.12. The molecule has 0 saturated carbocycles. The molecule has 0 fully saturated rings. The molecule has 0 unspecified atom stereocenters. The molecule has 0 aliphatic heterocycles. The standard InChI is InChI=1S/C9H11NO/c1-8(2)7-10-6-4-3-5-9(10)11/h3-7H,1-2H3. The van der Waals surface area contributed by atoms with Gasteiger partial charge in [-0.2, -0.15) is 0 Å². The van der Waals surface area contributed by atoms with E-state index in [1.165, 1.54) is 0 Å². The highest BCUT2D eigenvalue weighted by Crippen LogP contribution is 1.91. The quantitative estimate of drug-likeness (QED) is 0.596. The first kappa shape index (κ1) is 7.79. The first-order valence-corrected chi connectivity index (χ1v) is 3.52. The van der Waals surface area contributed by atoms with Crippen LogP contribution in [0.15, 0.2) is 34.8 Å². The molecular formula is C9H11NO. The van der Waals surface area contributed by atoms with Crippen molar-refractivity contribution in [2.75, 3.05) is 0 Å². The fourth-order valence-corrected chi connectivity index (χ4v) is 0.825. The van der Waals surface area contributed by atoms with Crippen LogP contribution in [-0.2, 0) is 0 Å². The molecule has 2 nitrogen and oxygen atoms in total. The molecule has 0 saturated heterocycles. The zero-order valence-electron chi connectivity index (χ0n) is 6.74. The monoisotopic (exact) mass is 149 g/mol. The van der Waals surface area contributed by atoms with Crippen molar-refractivity contribution in [1.29, 1.82) is 0 Å². The smallest absolute Gasteiger partial charge is 0.254 e. The Kier molecular flexibility index (Phi) is 2.26. The van der Waals surface area contributed by atoms with Gasteiger partial charge in [0.1, 0.15) is 0 Å². The van der Waals surface area contributed by atoms with E-state index in [9.17, 15) is 4.79 Å². The number of aromatic nitrogens is 1. The topological polar surface area (TPSA) is 22.0 Å². The summed E-state index contributed by atoms with van der Waals surface area (Å²) in [6.45, 7) is 3.92. The van der Waals surface area contributed by atoms with Gasteiger partial charge >= 0.3 is 0 Å². The van der Waals surface area contributed by atoms with Gasteiger partial charge in [-0.25, -0.2) is 0 Å². The normalized spacial score (nSPS) is 9.27. The largest absolute Gasteiger partial charge is 0.291 e. The van der Waals surface area contributed by atoms with Gasteiger partial charge < -0.3 is 0 Å². The van der Waals surface area contributed by atoms with Crippen molar-refractivity contribution in [2.24, 2.45) is 0 Å². The van der Waals surface area contributed by atoms with Gasteiger partial charge in [0.25, 0.3) is 5.56 Å². The lowest BCUT2D eigenvalue weighted by Crippen LogP contribution is -2.12. The van der Waals surface area contributed by atoms with E-state index >= 15 is 0 Å². The molecule has 0 aliphatic rings. The van der Waals surface area contributed by atoms with Gasteiger partial charge in [-0.15, -0.1) is 0 Å². The molecule has 0 amide bonds. The molecule has 11 heavy (non-hydrogen) atoms. The Balaban J connectivity index is 3.15. The summed E-state index contributed by atoms with van der Waals surface area (Å²) in [7, 11) is 0. The van der Waals surface area contributed by atoms with Crippen molar-refractivity contribution in [1.82, 2.24) is 4.57 Å². The van der Waals surface area contributed by atoms with Crippen LogP contribution in [0, 0.1) is 0 Å². The molecular weight excluding hydrogens is 138 g/mol. The Morgan fingerprint density at radius 2 is 2.18 bits per heavy atom. The number of allylic oxidation sites excluding steroid dienone is 1. The molecule has 1 aromatic heterocycles. The van der Waals surface area contributed by atoms with Crippen LogP contribution in [-0.4, -0.2) is 4.57 Å². The van der Waals surface area contributed by atoms with E-state index < -0.39 is 0 Å². The first-order chi connectivity index (χ1) is 5.20. The number of pyridine rings is 1. The molecule has 1 aromatic rings. The van der Waals surface area contributed by atoms with Crippen LogP contribution < -0.4 is 5.56 Å². The molecule has 1 heterocycles. The molecule has 0 atom stereocenters. The third-order valence-corrected chi connectivity index (χ3v) is 1.25. The summed E-state index contributed by atoms with van der Waals surface area (Å²) in [6.07, 6.45) is 3.55. The number of hydrogen-bond acceptors (Lipinski definition) is 1. The SMILES string of the molecule is CC(C)=Cn1ccccc1=O. The van der Waals surface area contributed by atoms with E-state index in [0.29, 0.717) is 0 Å². The Bertz CT molecular complexity index is 318. The van der Waals surface area contributed by atoms with Crippen molar-refractivity contribution in [3.63, 3.8) is 0 Å². The summed E-state index contributed by atoms with van der Waals surface area (Å²) < 4.78 is 1.56. The summed E-state index contributed by atoms with van der Waals surface area (Å²) in [5.74, 6) is 0. The fraction of sp³-hybridized carbons (Fsp3) is 0.222. The lowest BCUT2D eigenvalue weighted by molar-refractivity contribution is 1.05. The average Bonchev–Trinajstić information content (AvgIpc) is 1.93. The van der Waals surface area contributed by atoms with E-state index in [0.717, 1.165) is 5.57 Å². The van der Waals surface area contributed by atoms with Crippen LogP contribution >= 0.6 is 0 Å². The van der Waals surface area contributed by atoms with Gasteiger partial charge in [0, 0.05) is 18.5 Å². The van der Waals surface area contributed by atoms with Crippen molar-refractivity contribution < 1.29 is 0 Å². The second kappa shape index (κ2) is 3.19. The summed E-state index contributed by atoms with van der Waals surface area (Å²) in [5, 5.41) is 0. The van der Waals surface area contributed by atoms with Gasteiger partial charge in [0.15, 0.2) is 0 Å². The van der Waals surface area contributed by atoms with Crippen molar-refractivity contribution in [2.45, 2.75) is 13.8 Å². The van der Waals surface area contributed by atoms with Crippen molar-refractivity contribution >= 4 is 6.20 Å². The highest BCUT2D eigenvalue weighted by Gasteiger charge is 1.86. The first-order valence-electron chi connectivity index (χ1n) is 3.52. The minimum absolute atomic E-state index is 0.00806. The van der Waals surface area contributed by atoms with E-state index in [4.69, 9.17) is 0 Å². The summed E-state index contributed by atoms with van der Waals surface area (Å²) >= 11 is 0. The maximum atomic E-state index is 11.1. The minimum Gasteiger partial charge on any atom is -0.291 e. The highest BCUT2D eigenvalue weighted by atomic mass is 16.1. The predicted molar refractivity (Wildman–Crippen MR) is 46.3 cm³/mol. The van der Waals surface area contributed by atoms with Crippen LogP contribution in [0.5, 0.6) is 0 Å². The Morgan fingerprint density at radius 3 is 2.73 bits per heavy atom. The maximum Gasteiger partial charge on any atom is 0.254 e. The Hall–Kier alpha value is -1.31. The van der Waals surface area contributed by atoms with E-state index in [2.05, 4.69) is 0 Å². The van der Waals surface area contributed by atoms with Crippen LogP contribution in [0.4, 0.5) is 0 Å². The second-order valence-electron chi connectivity index (χ2n) is 2.65. The summed E-state index contributed by atoms with van der Waals surface area (Å²) in [6, 6.07) is 5.11. The lowest BCUT2D eigenvalue weighted by atomic mass is 10.4. The van der Waals surface area contributed by atoms with Gasteiger partial charge in [-0.05, 0) is 19.9 Å². The Morgan fingerprint density at radius 1 is 1.45 bits per heavy atom. The van der Waals surface area contributed by atoms with Crippen LogP contribution in [0.2, 0.25) is 0 Å². The maximum absolute atomic E-state index is 11.1. The zero-order chi connectivity index (χ0) is 8.27. The predicted octanol–water partition coefficient (Wildman–Crippen LogP) is 1.73. The summed E-state index contributed by atoms with van der Waals surface area (Å²) in [4.78, 5) is 11.1. The second-order valence-corrected chi connectivity index (χ2v) is 2.65. The van der Waals surface area contributed by atoms with Gasteiger partial charge in [0.05, 0.1) is 0 Å². The molecule has 0 bridgehead atoms. The van der Waals surface area contributed by atoms with E-state index in [1.54, 1.807) is 22.9 Å². The van der Waals surface area contributed by atoms with Crippen molar-refractivity contribution in [3.8, 4) is 0 Å². The highest BCUT2D eigenvalue weighted by molar-refractivity contribution is 5.27.